The second-order valence-electron chi connectivity index (χ2n) is 6.06. The van der Waals surface area contributed by atoms with Crippen molar-refractivity contribution in [3.05, 3.63) is 28.0 Å². The van der Waals surface area contributed by atoms with E-state index in [1.165, 1.54) is 23.3 Å². The normalized spacial score (nSPS) is 23.5. The Labute approximate surface area is 136 Å². The lowest BCUT2D eigenvalue weighted by atomic mass is 10.2. The van der Waals surface area contributed by atoms with Gasteiger partial charge in [-0.2, -0.15) is 0 Å². The number of hydrogen-bond acceptors (Lipinski definition) is 4. The summed E-state index contributed by atoms with van der Waals surface area (Å²) in [5, 5.41) is 2.06. The first-order valence-electron chi connectivity index (χ1n) is 8.07. The van der Waals surface area contributed by atoms with E-state index in [0.29, 0.717) is 6.10 Å². The van der Waals surface area contributed by atoms with E-state index in [-0.39, 0.29) is 5.91 Å². The molecule has 0 radical (unpaired) electrons. The van der Waals surface area contributed by atoms with E-state index in [9.17, 15) is 4.79 Å². The Hall–Kier alpha value is -1.17. The van der Waals surface area contributed by atoms with Gasteiger partial charge >= 0.3 is 0 Å². The van der Waals surface area contributed by atoms with Crippen LogP contribution in [0, 0.1) is 6.92 Å². The summed E-state index contributed by atoms with van der Waals surface area (Å²) in [4.78, 5) is 17.8. The number of amides is 1. The van der Waals surface area contributed by atoms with Crippen LogP contribution in [0.5, 0.6) is 0 Å². The standard InChI is InChI=1S/C17H24N2O2S/c1-14-6-12-22-16(14)4-5-17(20)19-9-7-18(8-10-19)13-15-3-2-11-21-15/h4-6,12,15H,2-3,7-11,13H2,1H3/b5-4+/t15-/m0/s1. The molecule has 3 rings (SSSR count). The van der Waals surface area contributed by atoms with Crippen molar-refractivity contribution in [3.8, 4) is 0 Å². The van der Waals surface area contributed by atoms with E-state index in [4.69, 9.17) is 4.74 Å². The first-order chi connectivity index (χ1) is 10.7. The molecule has 1 amide bonds. The Morgan fingerprint density at radius 3 is 2.86 bits per heavy atom. The lowest BCUT2D eigenvalue weighted by Crippen LogP contribution is -2.50. The molecule has 0 aromatic carbocycles. The maximum Gasteiger partial charge on any atom is 0.246 e. The molecule has 120 valence electrons. The lowest BCUT2D eigenvalue weighted by molar-refractivity contribution is -0.127. The first kappa shape index (κ1) is 15.7. The van der Waals surface area contributed by atoms with Crippen molar-refractivity contribution in [1.29, 1.82) is 0 Å². The number of carbonyl (C=O) groups excluding carboxylic acids is 1. The molecule has 1 atom stereocenters. The molecule has 0 spiro atoms. The molecule has 0 saturated carbocycles. The molecule has 0 unspecified atom stereocenters. The van der Waals surface area contributed by atoms with Gasteiger partial charge < -0.3 is 9.64 Å². The summed E-state index contributed by atoms with van der Waals surface area (Å²) < 4.78 is 5.69. The van der Waals surface area contributed by atoms with E-state index in [1.54, 1.807) is 17.4 Å². The summed E-state index contributed by atoms with van der Waals surface area (Å²) in [6.45, 7) is 7.56. The molecule has 2 aliphatic rings. The van der Waals surface area contributed by atoms with Gasteiger partial charge in [-0.1, -0.05) is 0 Å². The van der Waals surface area contributed by atoms with Gasteiger partial charge in [-0.25, -0.2) is 0 Å². The van der Waals surface area contributed by atoms with E-state index < -0.39 is 0 Å². The maximum atomic E-state index is 12.3. The first-order valence-corrected chi connectivity index (χ1v) is 8.95. The van der Waals surface area contributed by atoms with Crippen LogP contribution >= 0.6 is 11.3 Å². The van der Waals surface area contributed by atoms with Crippen molar-refractivity contribution < 1.29 is 9.53 Å². The van der Waals surface area contributed by atoms with Gasteiger partial charge in [0.2, 0.25) is 5.91 Å². The molecule has 0 bridgehead atoms. The largest absolute Gasteiger partial charge is 0.377 e. The molecule has 1 aromatic heterocycles. The number of nitrogens with zero attached hydrogens (tertiary/aromatic N) is 2. The Balaban J connectivity index is 1.45. The fourth-order valence-electron chi connectivity index (χ4n) is 3.03. The van der Waals surface area contributed by atoms with Crippen LogP contribution < -0.4 is 0 Å². The van der Waals surface area contributed by atoms with Crippen LogP contribution in [0.4, 0.5) is 0 Å². The quantitative estimate of drug-likeness (QED) is 0.799. The topological polar surface area (TPSA) is 32.8 Å². The Morgan fingerprint density at radius 1 is 1.41 bits per heavy atom. The zero-order valence-corrected chi connectivity index (χ0v) is 14.0. The average Bonchev–Trinajstić information content (AvgIpc) is 3.17. The van der Waals surface area contributed by atoms with Crippen LogP contribution in [0.15, 0.2) is 17.5 Å². The van der Waals surface area contributed by atoms with E-state index >= 15 is 0 Å². The zero-order chi connectivity index (χ0) is 15.4. The number of hydrogen-bond donors (Lipinski definition) is 0. The van der Waals surface area contributed by atoms with Crippen molar-refractivity contribution >= 4 is 23.3 Å². The molecule has 1 aromatic rings. The van der Waals surface area contributed by atoms with Gasteiger partial charge in [-0.15, -0.1) is 11.3 Å². The van der Waals surface area contributed by atoms with Gasteiger partial charge in [0, 0.05) is 50.3 Å². The van der Waals surface area contributed by atoms with Crippen molar-refractivity contribution in [1.82, 2.24) is 9.80 Å². The second-order valence-corrected chi connectivity index (χ2v) is 7.01. The average molecular weight is 320 g/mol. The second kappa shape index (κ2) is 7.40. The third-order valence-corrected chi connectivity index (χ3v) is 5.43. The van der Waals surface area contributed by atoms with Gasteiger partial charge in [-0.3, -0.25) is 9.69 Å². The van der Waals surface area contributed by atoms with Gasteiger partial charge in [0.15, 0.2) is 0 Å². The molecular formula is C17H24N2O2S. The third kappa shape index (κ3) is 3.97. The van der Waals surface area contributed by atoms with Crippen LogP contribution in [0.2, 0.25) is 0 Å². The van der Waals surface area contributed by atoms with E-state index in [0.717, 1.165) is 39.3 Å². The number of piperazine rings is 1. The van der Waals surface area contributed by atoms with Crippen LogP contribution in [0.3, 0.4) is 0 Å². The van der Waals surface area contributed by atoms with E-state index in [2.05, 4.69) is 23.3 Å². The monoisotopic (exact) mass is 320 g/mol. The molecule has 4 nitrogen and oxygen atoms in total. The molecular weight excluding hydrogens is 296 g/mol. The molecule has 2 fully saturated rings. The highest BCUT2D eigenvalue weighted by molar-refractivity contribution is 7.11. The summed E-state index contributed by atoms with van der Waals surface area (Å²) in [6.07, 6.45) is 6.44. The maximum absolute atomic E-state index is 12.3. The SMILES string of the molecule is Cc1ccsc1/C=C/C(=O)N1CCN(C[C@@H]2CCCO2)CC1. The number of thiophene rings is 1. The number of aryl methyl sites for hydroxylation is 1. The predicted molar refractivity (Wildman–Crippen MR) is 90.1 cm³/mol. The molecule has 3 heterocycles. The van der Waals surface area contributed by atoms with Gasteiger partial charge in [0.1, 0.15) is 0 Å². The molecule has 0 aliphatic carbocycles. The summed E-state index contributed by atoms with van der Waals surface area (Å²) in [7, 11) is 0. The minimum absolute atomic E-state index is 0.129. The lowest BCUT2D eigenvalue weighted by Gasteiger charge is -2.35. The predicted octanol–water partition coefficient (Wildman–Crippen LogP) is 2.39. The summed E-state index contributed by atoms with van der Waals surface area (Å²) in [5.41, 5.74) is 1.23. The smallest absolute Gasteiger partial charge is 0.246 e. The van der Waals surface area contributed by atoms with Crippen LogP contribution in [0.25, 0.3) is 6.08 Å². The van der Waals surface area contributed by atoms with Gasteiger partial charge in [-0.05, 0) is 42.9 Å². The van der Waals surface area contributed by atoms with Crippen molar-refractivity contribution in [2.75, 3.05) is 39.3 Å². The molecule has 0 N–H and O–H groups in total. The Kier molecular flexibility index (Phi) is 5.28. The van der Waals surface area contributed by atoms with Crippen LogP contribution in [-0.4, -0.2) is 61.1 Å². The highest BCUT2D eigenvalue weighted by atomic mass is 32.1. The summed E-state index contributed by atoms with van der Waals surface area (Å²) >= 11 is 1.68. The third-order valence-electron chi connectivity index (χ3n) is 4.45. The number of carbonyl (C=O) groups is 1. The fraction of sp³-hybridized carbons (Fsp3) is 0.588. The van der Waals surface area contributed by atoms with Crippen LogP contribution in [-0.2, 0) is 9.53 Å². The molecule has 22 heavy (non-hydrogen) atoms. The van der Waals surface area contributed by atoms with Crippen molar-refractivity contribution in [3.63, 3.8) is 0 Å². The fourth-order valence-corrected chi connectivity index (χ4v) is 3.85. The Bertz CT molecular complexity index is 527. The van der Waals surface area contributed by atoms with Crippen LogP contribution in [0.1, 0.15) is 23.3 Å². The highest BCUT2D eigenvalue weighted by Gasteiger charge is 2.24. The minimum atomic E-state index is 0.129. The number of rotatable bonds is 4. The van der Waals surface area contributed by atoms with E-state index in [1.807, 2.05) is 11.0 Å². The van der Waals surface area contributed by atoms with Crippen molar-refractivity contribution in [2.45, 2.75) is 25.9 Å². The van der Waals surface area contributed by atoms with Crippen molar-refractivity contribution in [2.24, 2.45) is 0 Å². The number of ether oxygens (including phenoxy) is 1. The summed E-state index contributed by atoms with van der Waals surface area (Å²) in [6, 6.07) is 2.08. The molecule has 5 heteroatoms. The van der Waals surface area contributed by atoms with Gasteiger partial charge in [0.05, 0.1) is 6.10 Å². The molecule has 2 saturated heterocycles. The van der Waals surface area contributed by atoms with Gasteiger partial charge in [0.25, 0.3) is 0 Å². The Morgan fingerprint density at radius 2 is 2.23 bits per heavy atom. The highest BCUT2D eigenvalue weighted by Crippen LogP contribution is 2.18. The summed E-state index contributed by atoms with van der Waals surface area (Å²) in [5.74, 6) is 0.129. The minimum Gasteiger partial charge on any atom is -0.377 e. The zero-order valence-electron chi connectivity index (χ0n) is 13.2. The molecule has 2 aliphatic heterocycles.